The zero-order valence-electron chi connectivity index (χ0n) is 13.8. The van der Waals surface area contributed by atoms with E-state index in [9.17, 15) is 4.79 Å². The highest BCUT2D eigenvalue weighted by molar-refractivity contribution is 5.92. The summed E-state index contributed by atoms with van der Waals surface area (Å²) in [6.07, 6.45) is 0.434. The minimum atomic E-state index is -0.00784. The maximum atomic E-state index is 12.2. The van der Waals surface area contributed by atoms with Crippen LogP contribution < -0.4 is 15.0 Å². The third-order valence-corrected chi connectivity index (χ3v) is 3.57. The zero-order valence-corrected chi connectivity index (χ0v) is 13.8. The van der Waals surface area contributed by atoms with Crippen LogP contribution in [-0.4, -0.2) is 25.6 Å². The molecular weight excluding hydrogens is 288 g/mol. The van der Waals surface area contributed by atoms with E-state index in [2.05, 4.69) is 29.3 Å². The SMILES string of the molecule is CCOc1ccccc1NC(=O)CCN(CC)c1ccccc1. The number of nitrogens with zero attached hydrogens (tertiary/aromatic N) is 1. The Morgan fingerprint density at radius 2 is 1.74 bits per heavy atom. The van der Waals surface area contributed by atoms with Gasteiger partial charge in [-0.3, -0.25) is 4.79 Å². The third-order valence-electron chi connectivity index (χ3n) is 3.57. The number of hydrogen-bond donors (Lipinski definition) is 1. The van der Waals surface area contributed by atoms with Gasteiger partial charge in [0.15, 0.2) is 0 Å². The molecule has 0 atom stereocenters. The van der Waals surface area contributed by atoms with E-state index in [1.54, 1.807) is 0 Å². The molecule has 0 aliphatic carbocycles. The Morgan fingerprint density at radius 1 is 1.04 bits per heavy atom. The molecular formula is C19H24N2O2. The van der Waals surface area contributed by atoms with Crippen molar-refractivity contribution in [1.29, 1.82) is 0 Å². The lowest BCUT2D eigenvalue weighted by atomic mass is 10.2. The summed E-state index contributed by atoms with van der Waals surface area (Å²) in [7, 11) is 0. The maximum absolute atomic E-state index is 12.2. The summed E-state index contributed by atoms with van der Waals surface area (Å²) in [5.74, 6) is 0.699. The van der Waals surface area contributed by atoms with Gasteiger partial charge in [-0.25, -0.2) is 0 Å². The number of ether oxygens (including phenoxy) is 1. The molecule has 0 aromatic heterocycles. The summed E-state index contributed by atoms with van der Waals surface area (Å²) < 4.78 is 5.53. The number of carbonyl (C=O) groups is 1. The van der Waals surface area contributed by atoms with Crippen LogP contribution in [0.5, 0.6) is 5.75 Å². The van der Waals surface area contributed by atoms with Crippen LogP contribution in [0.15, 0.2) is 54.6 Å². The lowest BCUT2D eigenvalue weighted by Crippen LogP contribution is -2.27. The highest BCUT2D eigenvalue weighted by atomic mass is 16.5. The molecule has 2 aromatic rings. The Bertz CT molecular complexity index is 614. The molecule has 1 N–H and O–H groups in total. The molecule has 0 spiro atoms. The molecule has 0 radical (unpaired) electrons. The Hall–Kier alpha value is -2.49. The molecule has 0 fully saturated rings. The van der Waals surface area contributed by atoms with Gasteiger partial charge in [0.1, 0.15) is 5.75 Å². The van der Waals surface area contributed by atoms with Gasteiger partial charge in [0.05, 0.1) is 12.3 Å². The standard InChI is InChI=1S/C19H24N2O2/c1-3-21(16-10-6-5-7-11-16)15-14-19(22)20-17-12-8-9-13-18(17)23-4-2/h5-13H,3-4,14-15H2,1-2H3,(H,20,22). The first-order valence-corrected chi connectivity index (χ1v) is 8.06. The molecule has 0 saturated carbocycles. The van der Waals surface area contributed by atoms with Crippen molar-refractivity contribution in [1.82, 2.24) is 0 Å². The lowest BCUT2D eigenvalue weighted by molar-refractivity contribution is -0.116. The number of hydrogen-bond acceptors (Lipinski definition) is 3. The topological polar surface area (TPSA) is 41.6 Å². The molecule has 4 nitrogen and oxygen atoms in total. The second kappa shape index (κ2) is 8.83. The summed E-state index contributed by atoms with van der Waals surface area (Å²) in [5.41, 5.74) is 1.86. The smallest absolute Gasteiger partial charge is 0.226 e. The van der Waals surface area contributed by atoms with Crippen molar-refractivity contribution in [3.63, 3.8) is 0 Å². The summed E-state index contributed by atoms with van der Waals surface area (Å²) >= 11 is 0. The highest BCUT2D eigenvalue weighted by Gasteiger charge is 2.10. The average molecular weight is 312 g/mol. The van der Waals surface area contributed by atoms with Gasteiger partial charge in [-0.2, -0.15) is 0 Å². The fourth-order valence-corrected chi connectivity index (χ4v) is 2.41. The molecule has 2 rings (SSSR count). The van der Waals surface area contributed by atoms with E-state index >= 15 is 0 Å². The van der Waals surface area contributed by atoms with Crippen molar-refractivity contribution in [3.05, 3.63) is 54.6 Å². The first-order valence-electron chi connectivity index (χ1n) is 8.06. The van der Waals surface area contributed by atoms with Crippen molar-refractivity contribution in [2.75, 3.05) is 29.9 Å². The van der Waals surface area contributed by atoms with E-state index in [-0.39, 0.29) is 5.91 Å². The van der Waals surface area contributed by atoms with Crippen LogP contribution in [-0.2, 0) is 4.79 Å². The maximum Gasteiger partial charge on any atom is 0.226 e. The van der Waals surface area contributed by atoms with Crippen molar-refractivity contribution in [3.8, 4) is 5.75 Å². The van der Waals surface area contributed by atoms with E-state index in [0.717, 1.165) is 17.9 Å². The van der Waals surface area contributed by atoms with Gasteiger partial charge in [-0.15, -0.1) is 0 Å². The molecule has 0 aliphatic heterocycles. The summed E-state index contributed by atoms with van der Waals surface area (Å²) in [6.45, 7) is 6.15. The average Bonchev–Trinajstić information content (AvgIpc) is 2.58. The van der Waals surface area contributed by atoms with Crippen LogP contribution >= 0.6 is 0 Å². The minimum Gasteiger partial charge on any atom is -0.492 e. The third kappa shape index (κ3) is 5.02. The van der Waals surface area contributed by atoms with E-state index in [4.69, 9.17) is 4.74 Å². The molecule has 1 amide bonds. The highest BCUT2D eigenvalue weighted by Crippen LogP contribution is 2.23. The molecule has 4 heteroatoms. The van der Waals surface area contributed by atoms with Gasteiger partial charge in [0.2, 0.25) is 5.91 Å². The molecule has 0 aliphatic rings. The quantitative estimate of drug-likeness (QED) is 0.802. The minimum absolute atomic E-state index is 0.00784. The second-order valence-corrected chi connectivity index (χ2v) is 5.14. The first kappa shape index (κ1) is 16.9. The number of para-hydroxylation sites is 3. The number of nitrogens with one attached hydrogen (secondary N) is 1. The fraction of sp³-hybridized carbons (Fsp3) is 0.316. The van der Waals surface area contributed by atoms with Gasteiger partial charge < -0.3 is 15.0 Å². The molecule has 0 saturated heterocycles. The zero-order chi connectivity index (χ0) is 16.5. The number of rotatable bonds is 8. The lowest BCUT2D eigenvalue weighted by Gasteiger charge is -2.22. The van der Waals surface area contributed by atoms with E-state index in [1.807, 2.05) is 49.4 Å². The number of carbonyl (C=O) groups excluding carboxylic acids is 1. The van der Waals surface area contributed by atoms with Crippen LogP contribution in [0.2, 0.25) is 0 Å². The normalized spacial score (nSPS) is 10.2. The van der Waals surface area contributed by atoms with Crippen molar-refractivity contribution >= 4 is 17.3 Å². The summed E-state index contributed by atoms with van der Waals surface area (Å²) in [4.78, 5) is 14.4. The predicted octanol–water partition coefficient (Wildman–Crippen LogP) is 3.94. The van der Waals surface area contributed by atoms with Crippen LogP contribution in [0, 0.1) is 0 Å². The first-order chi connectivity index (χ1) is 11.2. The molecule has 0 unspecified atom stereocenters. The van der Waals surface area contributed by atoms with Gasteiger partial charge in [0.25, 0.3) is 0 Å². The van der Waals surface area contributed by atoms with Crippen molar-refractivity contribution in [2.45, 2.75) is 20.3 Å². The van der Waals surface area contributed by atoms with Crippen molar-refractivity contribution < 1.29 is 9.53 Å². The summed E-state index contributed by atoms with van der Waals surface area (Å²) in [6, 6.07) is 17.6. The van der Waals surface area contributed by atoms with Crippen molar-refractivity contribution in [2.24, 2.45) is 0 Å². The predicted molar refractivity (Wildman–Crippen MR) is 95.2 cm³/mol. The molecule has 0 heterocycles. The van der Waals surface area contributed by atoms with E-state index in [0.29, 0.717) is 25.3 Å². The van der Waals surface area contributed by atoms with Gasteiger partial charge >= 0.3 is 0 Å². The number of benzene rings is 2. The Morgan fingerprint density at radius 3 is 2.43 bits per heavy atom. The van der Waals surface area contributed by atoms with E-state index < -0.39 is 0 Å². The van der Waals surface area contributed by atoms with Crippen LogP contribution in [0.1, 0.15) is 20.3 Å². The van der Waals surface area contributed by atoms with Gasteiger partial charge in [-0.1, -0.05) is 30.3 Å². The second-order valence-electron chi connectivity index (χ2n) is 5.14. The summed E-state index contributed by atoms with van der Waals surface area (Å²) in [5, 5.41) is 2.94. The molecule has 2 aromatic carbocycles. The van der Waals surface area contributed by atoms with Crippen LogP contribution in [0.4, 0.5) is 11.4 Å². The molecule has 23 heavy (non-hydrogen) atoms. The number of anilines is 2. The van der Waals surface area contributed by atoms with E-state index in [1.165, 1.54) is 0 Å². The molecule has 122 valence electrons. The van der Waals surface area contributed by atoms with Crippen LogP contribution in [0.25, 0.3) is 0 Å². The Labute approximate surface area is 138 Å². The largest absolute Gasteiger partial charge is 0.492 e. The van der Waals surface area contributed by atoms with Crippen LogP contribution in [0.3, 0.4) is 0 Å². The fourth-order valence-electron chi connectivity index (χ4n) is 2.41. The number of amides is 1. The Balaban J connectivity index is 1.92. The molecule has 0 bridgehead atoms. The van der Waals surface area contributed by atoms with Gasteiger partial charge in [0, 0.05) is 25.2 Å². The monoisotopic (exact) mass is 312 g/mol. The van der Waals surface area contributed by atoms with Gasteiger partial charge in [-0.05, 0) is 38.1 Å². The Kier molecular flexibility index (Phi) is 6.48.